The Hall–Kier alpha value is -1.35. The van der Waals surface area contributed by atoms with Crippen LogP contribution < -0.4 is 0 Å². The lowest BCUT2D eigenvalue weighted by Crippen LogP contribution is -2.04. The van der Waals surface area contributed by atoms with Crippen LogP contribution in [0, 0.1) is 11.7 Å². The van der Waals surface area contributed by atoms with E-state index in [9.17, 15) is 9.18 Å². The molecule has 1 fully saturated rings. The smallest absolute Gasteiger partial charge is 0.166 e. The largest absolute Gasteiger partial charge is 0.336 e. The molecule has 1 saturated carbocycles. The topological polar surface area (TPSA) is 22.0 Å². The van der Waals surface area contributed by atoms with E-state index >= 15 is 0 Å². The second-order valence-electron chi connectivity index (χ2n) is 4.54. The van der Waals surface area contributed by atoms with Crippen molar-refractivity contribution in [3.8, 4) is 0 Å². The summed E-state index contributed by atoms with van der Waals surface area (Å²) in [5.41, 5.74) is 0.972. The maximum atomic E-state index is 14.0. The van der Waals surface area contributed by atoms with E-state index in [4.69, 9.17) is 11.6 Å². The van der Waals surface area contributed by atoms with Gasteiger partial charge in [-0.1, -0.05) is 17.7 Å². The summed E-state index contributed by atoms with van der Waals surface area (Å²) >= 11 is 5.79. The first kappa shape index (κ1) is 10.8. The van der Waals surface area contributed by atoms with Crippen molar-refractivity contribution in [3.63, 3.8) is 0 Å². The van der Waals surface area contributed by atoms with Crippen molar-refractivity contribution in [1.29, 1.82) is 0 Å². The SMILES string of the molecule is O=Cc1cc2ccc(Cl)c(F)c2n1CC1CC1. The number of hydrogen-bond donors (Lipinski definition) is 0. The molecule has 0 bridgehead atoms. The van der Waals surface area contributed by atoms with Crippen LogP contribution in [-0.4, -0.2) is 10.9 Å². The molecule has 1 aliphatic carbocycles. The van der Waals surface area contributed by atoms with Gasteiger partial charge in [-0.15, -0.1) is 0 Å². The Labute approximate surface area is 103 Å². The van der Waals surface area contributed by atoms with Crippen molar-refractivity contribution < 1.29 is 9.18 Å². The fraction of sp³-hybridized carbons (Fsp3) is 0.308. The first-order valence-electron chi connectivity index (χ1n) is 5.63. The number of aromatic nitrogens is 1. The summed E-state index contributed by atoms with van der Waals surface area (Å²) < 4.78 is 15.8. The van der Waals surface area contributed by atoms with E-state index in [0.717, 1.165) is 24.5 Å². The third-order valence-electron chi connectivity index (χ3n) is 3.24. The molecule has 0 radical (unpaired) electrons. The van der Waals surface area contributed by atoms with E-state index in [0.29, 0.717) is 23.7 Å². The quantitative estimate of drug-likeness (QED) is 0.763. The monoisotopic (exact) mass is 251 g/mol. The summed E-state index contributed by atoms with van der Waals surface area (Å²) in [6.07, 6.45) is 3.08. The van der Waals surface area contributed by atoms with E-state index in [2.05, 4.69) is 0 Å². The molecular weight excluding hydrogens is 241 g/mol. The van der Waals surface area contributed by atoms with Gasteiger partial charge >= 0.3 is 0 Å². The van der Waals surface area contributed by atoms with Crippen LogP contribution in [0.25, 0.3) is 10.9 Å². The van der Waals surface area contributed by atoms with Crippen LogP contribution in [0.5, 0.6) is 0 Å². The normalized spacial score (nSPS) is 15.4. The Bertz CT molecular complexity index is 601. The van der Waals surface area contributed by atoms with E-state index in [1.807, 2.05) is 0 Å². The Morgan fingerprint density at radius 1 is 1.47 bits per heavy atom. The lowest BCUT2D eigenvalue weighted by molar-refractivity contribution is 0.111. The molecule has 1 aromatic carbocycles. The number of rotatable bonds is 3. The molecule has 1 heterocycles. The summed E-state index contributed by atoms with van der Waals surface area (Å²) in [4.78, 5) is 11.0. The second kappa shape index (κ2) is 3.84. The zero-order chi connectivity index (χ0) is 12.0. The van der Waals surface area contributed by atoms with Crippen LogP contribution in [0.3, 0.4) is 0 Å². The number of halogens is 2. The van der Waals surface area contributed by atoms with Crippen LogP contribution in [0.4, 0.5) is 4.39 Å². The van der Waals surface area contributed by atoms with Gasteiger partial charge in [-0.25, -0.2) is 4.39 Å². The van der Waals surface area contributed by atoms with Crippen molar-refractivity contribution >= 4 is 28.8 Å². The molecule has 0 atom stereocenters. The predicted octanol–water partition coefficient (Wildman–Crippen LogP) is 3.66. The summed E-state index contributed by atoms with van der Waals surface area (Å²) in [5, 5.41) is 0.833. The van der Waals surface area contributed by atoms with Crippen molar-refractivity contribution in [3.05, 3.63) is 34.7 Å². The van der Waals surface area contributed by atoms with Crippen LogP contribution in [0.1, 0.15) is 23.3 Å². The zero-order valence-corrected chi connectivity index (χ0v) is 9.88. The van der Waals surface area contributed by atoms with E-state index in [1.165, 1.54) is 6.07 Å². The molecule has 0 amide bonds. The number of aldehydes is 1. The number of carbonyl (C=O) groups excluding carboxylic acids is 1. The lowest BCUT2D eigenvalue weighted by atomic mass is 10.2. The fourth-order valence-corrected chi connectivity index (χ4v) is 2.32. The predicted molar refractivity (Wildman–Crippen MR) is 65.0 cm³/mol. The van der Waals surface area contributed by atoms with E-state index in [1.54, 1.807) is 16.7 Å². The summed E-state index contributed by atoms with van der Waals surface area (Å²) in [7, 11) is 0. The average Bonchev–Trinajstić information content (AvgIpc) is 3.05. The molecule has 1 aromatic heterocycles. The van der Waals surface area contributed by atoms with Gasteiger partial charge in [0.05, 0.1) is 16.2 Å². The maximum Gasteiger partial charge on any atom is 0.166 e. The highest BCUT2D eigenvalue weighted by atomic mass is 35.5. The van der Waals surface area contributed by atoms with Gasteiger partial charge in [0.15, 0.2) is 12.1 Å². The van der Waals surface area contributed by atoms with Gasteiger partial charge in [0.25, 0.3) is 0 Å². The third kappa shape index (κ3) is 1.75. The van der Waals surface area contributed by atoms with Crippen LogP contribution in [0.15, 0.2) is 18.2 Å². The molecule has 3 rings (SSSR count). The standard InChI is InChI=1S/C13H11ClFNO/c14-11-4-3-9-5-10(7-17)16(6-8-1-2-8)13(9)12(11)15/h3-5,7-8H,1-2,6H2. The third-order valence-corrected chi connectivity index (χ3v) is 3.54. The minimum absolute atomic E-state index is 0.102. The zero-order valence-electron chi connectivity index (χ0n) is 9.12. The molecule has 88 valence electrons. The Morgan fingerprint density at radius 2 is 2.24 bits per heavy atom. The van der Waals surface area contributed by atoms with Crippen LogP contribution in [-0.2, 0) is 6.54 Å². The van der Waals surface area contributed by atoms with Gasteiger partial charge in [0.2, 0.25) is 0 Å². The molecule has 0 spiro atoms. The fourth-order valence-electron chi connectivity index (χ4n) is 2.16. The summed E-state index contributed by atoms with van der Waals surface area (Å²) in [6.45, 7) is 0.703. The van der Waals surface area contributed by atoms with Gasteiger partial charge in [0, 0.05) is 11.9 Å². The highest BCUT2D eigenvalue weighted by Crippen LogP contribution is 2.34. The Balaban J connectivity index is 2.26. The van der Waals surface area contributed by atoms with Crippen LogP contribution >= 0.6 is 11.6 Å². The molecule has 0 unspecified atom stereocenters. The van der Waals surface area contributed by atoms with Crippen molar-refractivity contribution in [1.82, 2.24) is 4.57 Å². The molecule has 0 N–H and O–H groups in total. The highest BCUT2D eigenvalue weighted by molar-refractivity contribution is 6.31. The number of carbonyl (C=O) groups is 1. The molecule has 1 aliphatic rings. The van der Waals surface area contributed by atoms with Crippen molar-refractivity contribution in [2.24, 2.45) is 5.92 Å². The number of benzene rings is 1. The van der Waals surface area contributed by atoms with E-state index < -0.39 is 5.82 Å². The van der Waals surface area contributed by atoms with E-state index in [-0.39, 0.29) is 5.02 Å². The Morgan fingerprint density at radius 3 is 2.88 bits per heavy atom. The molecule has 0 aliphatic heterocycles. The summed E-state index contributed by atoms with van der Waals surface area (Å²) in [5.74, 6) is 0.139. The summed E-state index contributed by atoms with van der Waals surface area (Å²) in [6, 6.07) is 4.98. The van der Waals surface area contributed by atoms with Gasteiger partial charge in [-0.2, -0.15) is 0 Å². The molecule has 4 heteroatoms. The van der Waals surface area contributed by atoms with Crippen molar-refractivity contribution in [2.45, 2.75) is 19.4 Å². The van der Waals surface area contributed by atoms with Crippen molar-refractivity contribution in [2.75, 3.05) is 0 Å². The lowest BCUT2D eigenvalue weighted by Gasteiger charge is -2.07. The molecular formula is C13H11ClFNO. The number of nitrogens with zero attached hydrogens (tertiary/aromatic N) is 1. The highest BCUT2D eigenvalue weighted by Gasteiger charge is 2.24. The molecule has 2 aromatic rings. The first-order valence-corrected chi connectivity index (χ1v) is 6.01. The number of fused-ring (bicyclic) bond motifs is 1. The average molecular weight is 252 g/mol. The van der Waals surface area contributed by atoms with Gasteiger partial charge in [-0.3, -0.25) is 4.79 Å². The number of hydrogen-bond acceptors (Lipinski definition) is 1. The Kier molecular flexibility index (Phi) is 2.44. The van der Waals surface area contributed by atoms with Crippen LogP contribution in [0.2, 0.25) is 5.02 Å². The molecule has 17 heavy (non-hydrogen) atoms. The van der Waals surface area contributed by atoms with Gasteiger partial charge in [-0.05, 0) is 30.9 Å². The molecule has 2 nitrogen and oxygen atoms in total. The maximum absolute atomic E-state index is 14.0. The second-order valence-corrected chi connectivity index (χ2v) is 4.95. The molecule has 0 saturated heterocycles. The van der Waals surface area contributed by atoms with Gasteiger partial charge in [0.1, 0.15) is 0 Å². The van der Waals surface area contributed by atoms with Gasteiger partial charge < -0.3 is 4.57 Å². The minimum atomic E-state index is -0.432. The first-order chi connectivity index (χ1) is 8.20. The minimum Gasteiger partial charge on any atom is -0.336 e.